The van der Waals surface area contributed by atoms with Gasteiger partial charge in [0.05, 0.1) is 49.6 Å². The summed E-state index contributed by atoms with van der Waals surface area (Å²) in [7, 11) is 4.24. The Labute approximate surface area is 369 Å². The number of likely N-dealkylation sites (tertiary alicyclic amines) is 1. The molecule has 3 saturated heterocycles. The molecule has 19 atom stereocenters. The van der Waals surface area contributed by atoms with Gasteiger partial charge in [0.25, 0.3) is 0 Å². The van der Waals surface area contributed by atoms with Gasteiger partial charge >= 0.3 is 5.97 Å². The molecule has 4 N–H and O–H groups in total. The molecule has 352 valence electrons. The van der Waals surface area contributed by atoms with Crippen molar-refractivity contribution in [3.8, 4) is 0 Å². The van der Waals surface area contributed by atoms with Crippen LogP contribution in [0.3, 0.4) is 0 Å². The van der Waals surface area contributed by atoms with E-state index in [4.69, 9.17) is 37.3 Å². The van der Waals surface area contributed by atoms with Crippen LogP contribution in [0.25, 0.3) is 0 Å². The molecular weight excluding hydrogens is 789 g/mol. The zero-order chi connectivity index (χ0) is 47.8. The summed E-state index contributed by atoms with van der Waals surface area (Å²) in [5, 5.41) is 45.5. The van der Waals surface area contributed by atoms with Crippen LogP contribution in [-0.2, 0) is 42.7 Å². The first-order valence-corrected chi connectivity index (χ1v) is 22.4. The number of methoxy groups -OCH3 is 2. The lowest BCUT2D eigenvalue weighted by molar-refractivity contribution is -0.304. The van der Waals surface area contributed by atoms with E-state index in [-0.39, 0.29) is 12.4 Å². The van der Waals surface area contributed by atoms with E-state index in [1.807, 2.05) is 26.8 Å². The third-order valence-corrected chi connectivity index (χ3v) is 13.3. The highest BCUT2D eigenvalue weighted by atomic mass is 16.7. The second-order valence-corrected chi connectivity index (χ2v) is 18.6. The lowest BCUT2D eigenvalue weighted by atomic mass is 9.79. The van der Waals surface area contributed by atoms with E-state index in [9.17, 15) is 30.0 Å². The fourth-order valence-electron chi connectivity index (χ4n) is 9.86. The average molecular weight is 872 g/mol. The van der Waals surface area contributed by atoms with Crippen LogP contribution in [0.15, 0.2) is 23.8 Å². The number of esters is 1. The second kappa shape index (κ2) is 23.9. The summed E-state index contributed by atoms with van der Waals surface area (Å²) < 4.78 is 66.5. The number of ether oxygens (including phenoxy) is 7. The minimum Gasteiger partial charge on any atom is -0.462 e. The lowest BCUT2D eigenvalue weighted by Crippen LogP contribution is -2.63. The Kier molecular flexibility index (Phi) is 18.5. The molecule has 0 spiro atoms. The normalized spacial score (nSPS) is 45.3. The number of nitrogens with zero attached hydrogens (tertiary/aromatic N) is 2. The van der Waals surface area contributed by atoms with E-state index in [1.165, 1.54) is 27.3 Å². The molecule has 0 radical (unpaired) electrons. The first kappa shape index (κ1) is 47.1. The van der Waals surface area contributed by atoms with Crippen molar-refractivity contribution in [2.75, 3.05) is 54.5 Å². The topological polar surface area (TPSA) is 186 Å². The molecule has 0 aromatic heterocycles. The highest BCUT2D eigenvalue weighted by Gasteiger charge is 2.48. The third-order valence-electron chi connectivity index (χ3n) is 13.3. The van der Waals surface area contributed by atoms with Gasteiger partial charge in [0.1, 0.15) is 30.5 Å². The number of hydrogen-bond acceptors (Lipinski definition) is 15. The van der Waals surface area contributed by atoms with Gasteiger partial charge in [-0.2, -0.15) is 0 Å². The minimum absolute atomic E-state index is 0.00497. The summed E-state index contributed by atoms with van der Waals surface area (Å²) in [6.45, 7) is 14.9. The molecule has 0 amide bonds. The molecule has 0 saturated carbocycles. The van der Waals surface area contributed by atoms with E-state index < -0.39 is 123 Å². The van der Waals surface area contributed by atoms with Crippen LogP contribution in [0.4, 0.5) is 0 Å². The molecule has 0 aromatic carbocycles. The molecule has 61 heavy (non-hydrogen) atoms. The SMILES string of the molecule is [2H]C([2H])([2H])N(C)[C@@H]1[C@@H](O)[C@H](O[C@H]2[C@@H](CCN3C[C@H](C)C[C@H](C)C3)C[C@@H](C)C(=O)/C=C\C(C)=C/[C@H](CO[C@@H]3O[C@H](C)[C@@H](O)[C@@H](OC)[C@H]3OC)[C@@H](CC)OC(=O)C[C@@H](O)[C@@H]2C)O[C@H](C)[C@H]1O. The van der Waals surface area contributed by atoms with Crippen LogP contribution in [0.5, 0.6) is 0 Å². The van der Waals surface area contributed by atoms with Crippen molar-refractivity contribution >= 4 is 11.8 Å². The number of aliphatic hydroxyl groups excluding tert-OH is 4. The highest BCUT2D eigenvalue weighted by molar-refractivity contribution is 5.91. The summed E-state index contributed by atoms with van der Waals surface area (Å²) in [6.07, 6.45) is -5.22. The second-order valence-electron chi connectivity index (χ2n) is 18.6. The molecule has 0 bridgehead atoms. The zero-order valence-corrected chi connectivity index (χ0v) is 38.4. The van der Waals surface area contributed by atoms with Crippen molar-refractivity contribution in [3.63, 3.8) is 0 Å². The number of cyclic esters (lactones) is 1. The van der Waals surface area contributed by atoms with Crippen molar-refractivity contribution in [3.05, 3.63) is 23.8 Å². The number of likely N-dealkylation sites (N-methyl/N-ethyl adjacent to an activating group) is 1. The fraction of sp³-hybridized carbons (Fsp3) is 0.870. The number of hydrogen-bond donors (Lipinski definition) is 4. The van der Waals surface area contributed by atoms with E-state index in [1.54, 1.807) is 26.8 Å². The number of aliphatic hydroxyl groups is 4. The maximum Gasteiger partial charge on any atom is 0.308 e. The maximum absolute atomic E-state index is 14.0. The molecule has 0 aliphatic carbocycles. The van der Waals surface area contributed by atoms with Crippen molar-refractivity contribution in [2.45, 2.75) is 167 Å². The molecule has 4 rings (SSSR count). The largest absolute Gasteiger partial charge is 0.462 e. The summed E-state index contributed by atoms with van der Waals surface area (Å²) >= 11 is 0. The van der Waals surface area contributed by atoms with Crippen molar-refractivity contribution < 1.29 is 67.3 Å². The van der Waals surface area contributed by atoms with E-state index in [0.29, 0.717) is 37.6 Å². The van der Waals surface area contributed by atoms with Crippen LogP contribution >= 0.6 is 0 Å². The molecule has 15 heteroatoms. The molecule has 3 fully saturated rings. The number of piperidine rings is 1. The van der Waals surface area contributed by atoms with Gasteiger partial charge in [-0.15, -0.1) is 0 Å². The summed E-state index contributed by atoms with van der Waals surface area (Å²) in [5.41, 5.74) is 0.721. The molecule has 4 aliphatic heterocycles. The quantitative estimate of drug-likeness (QED) is 0.209. The summed E-state index contributed by atoms with van der Waals surface area (Å²) in [4.78, 5) is 31.3. The Hall–Kier alpha value is -1.86. The first-order chi connectivity index (χ1) is 30.0. The van der Waals surface area contributed by atoms with Gasteiger partial charge in [-0.3, -0.25) is 9.59 Å². The number of carbonyl (C=O) groups excluding carboxylic acids is 2. The van der Waals surface area contributed by atoms with Gasteiger partial charge in [0.2, 0.25) is 0 Å². The number of rotatable bonds is 12. The Balaban J connectivity index is 1.71. The van der Waals surface area contributed by atoms with Crippen molar-refractivity contribution in [1.82, 2.24) is 9.80 Å². The minimum atomic E-state index is -2.66. The lowest BCUT2D eigenvalue weighted by Gasteiger charge is -2.47. The van der Waals surface area contributed by atoms with Crippen LogP contribution < -0.4 is 0 Å². The fourth-order valence-corrected chi connectivity index (χ4v) is 9.86. The van der Waals surface area contributed by atoms with Gasteiger partial charge in [-0.25, -0.2) is 0 Å². The van der Waals surface area contributed by atoms with Gasteiger partial charge in [-0.1, -0.05) is 52.3 Å². The molecule has 15 nitrogen and oxygen atoms in total. The monoisotopic (exact) mass is 872 g/mol. The predicted molar refractivity (Wildman–Crippen MR) is 229 cm³/mol. The number of carbonyl (C=O) groups is 2. The van der Waals surface area contributed by atoms with Crippen molar-refractivity contribution in [2.24, 2.45) is 35.5 Å². The third kappa shape index (κ3) is 13.8. The smallest absolute Gasteiger partial charge is 0.308 e. The number of ketones is 1. The standard InChI is InChI=1S/C46H80N2O13/c1-13-36-33(24-57-46-44(56-12)43(55-11)40(53)31(8)59-46)19-25(2)14-15-34(49)28(5)20-32(16-17-48-22-26(3)18-27(4)23-48)42(29(6)35(50)21-37(51)60-36)61-45-41(54)38(47(9)10)39(52)30(7)58-45/h14-15,19,26-33,35-36,38-46,50,52-54H,13,16-18,20-24H2,1-12H3/b15-14-,25-19-/t26-,27+,28-,29+,30-,31-,32+,33-,35-,36-,38+,39-,40-,41-,42-,43-,44-,45+,46-/m1/s1/i9D3. The highest BCUT2D eigenvalue weighted by Crippen LogP contribution is 2.36. The van der Waals surface area contributed by atoms with Gasteiger partial charge in [-0.05, 0) is 90.9 Å². The van der Waals surface area contributed by atoms with E-state index >= 15 is 0 Å². The van der Waals surface area contributed by atoms with Gasteiger partial charge in [0.15, 0.2) is 18.4 Å². The molecule has 4 heterocycles. The molecular formula is C46H80N2O13. The first-order valence-electron chi connectivity index (χ1n) is 23.9. The van der Waals surface area contributed by atoms with Crippen LogP contribution in [0.2, 0.25) is 0 Å². The maximum atomic E-state index is 14.0. The van der Waals surface area contributed by atoms with Crippen LogP contribution in [0, 0.1) is 35.5 Å². The molecule has 0 unspecified atom stereocenters. The molecule has 0 aromatic rings. The Morgan fingerprint density at radius 3 is 2.13 bits per heavy atom. The van der Waals surface area contributed by atoms with Gasteiger partial charge < -0.3 is 63.4 Å². The van der Waals surface area contributed by atoms with Crippen LogP contribution in [0.1, 0.15) is 91.6 Å². The Bertz CT molecular complexity index is 1530. The van der Waals surface area contributed by atoms with E-state index in [0.717, 1.165) is 30.0 Å². The Morgan fingerprint density at radius 2 is 1.51 bits per heavy atom. The summed E-state index contributed by atoms with van der Waals surface area (Å²) in [5.74, 6) is -2.07. The number of allylic oxidation sites excluding steroid dienone is 3. The van der Waals surface area contributed by atoms with E-state index in [2.05, 4.69) is 18.7 Å². The van der Waals surface area contributed by atoms with Crippen molar-refractivity contribution in [1.29, 1.82) is 0 Å². The summed E-state index contributed by atoms with van der Waals surface area (Å²) in [6, 6.07) is -1.29. The van der Waals surface area contributed by atoms with Gasteiger partial charge in [0, 0.05) is 49.2 Å². The predicted octanol–water partition coefficient (Wildman–Crippen LogP) is 3.34. The molecule has 4 aliphatic rings. The zero-order valence-electron chi connectivity index (χ0n) is 41.4. The average Bonchev–Trinajstić information content (AvgIpc) is 3.22. The Morgan fingerprint density at radius 1 is 0.869 bits per heavy atom. The van der Waals surface area contributed by atoms with Crippen LogP contribution in [-0.4, -0.2) is 176 Å².